The van der Waals surface area contributed by atoms with Crippen molar-refractivity contribution >= 4 is 38.4 Å². The van der Waals surface area contributed by atoms with Gasteiger partial charge in [0.05, 0.1) is 16.1 Å². The molecule has 6 nitrogen and oxygen atoms in total. The fourth-order valence-electron chi connectivity index (χ4n) is 1.84. The third kappa shape index (κ3) is 2.79. The number of oxazole rings is 1. The monoisotopic (exact) mass is 324 g/mol. The van der Waals surface area contributed by atoms with Gasteiger partial charge in [-0.05, 0) is 36.4 Å². The summed E-state index contributed by atoms with van der Waals surface area (Å²) in [5, 5.41) is 0.449. The van der Waals surface area contributed by atoms with Crippen LogP contribution in [0.15, 0.2) is 56.6 Å². The standard InChI is InChI=1S/C13H9ClN2O4S/c14-8-1-4-10(5-2-8)21(18,19)16-9-3-6-11-12(7-9)20-13(17)15-11/h1-7,16H,(H,15,17). The highest BCUT2D eigenvalue weighted by atomic mass is 35.5. The third-order valence-electron chi connectivity index (χ3n) is 2.80. The van der Waals surface area contributed by atoms with Gasteiger partial charge in [0.2, 0.25) is 0 Å². The van der Waals surface area contributed by atoms with Gasteiger partial charge >= 0.3 is 5.76 Å². The number of sulfonamides is 1. The summed E-state index contributed by atoms with van der Waals surface area (Å²) in [6.07, 6.45) is 0. The van der Waals surface area contributed by atoms with Crippen molar-refractivity contribution in [3.8, 4) is 0 Å². The summed E-state index contributed by atoms with van der Waals surface area (Å²) < 4.78 is 31.7. The van der Waals surface area contributed by atoms with Crippen LogP contribution in [-0.4, -0.2) is 13.4 Å². The van der Waals surface area contributed by atoms with Gasteiger partial charge in [0.25, 0.3) is 10.0 Å². The normalized spacial score (nSPS) is 11.7. The molecular formula is C13H9ClN2O4S. The maximum atomic E-state index is 12.2. The van der Waals surface area contributed by atoms with Crippen molar-refractivity contribution in [2.24, 2.45) is 0 Å². The first-order valence-corrected chi connectivity index (χ1v) is 7.71. The van der Waals surface area contributed by atoms with Gasteiger partial charge in [-0.1, -0.05) is 11.6 Å². The Morgan fingerprint density at radius 1 is 1.10 bits per heavy atom. The van der Waals surface area contributed by atoms with Crippen LogP contribution in [0.4, 0.5) is 5.69 Å². The first-order valence-electron chi connectivity index (χ1n) is 5.85. The topological polar surface area (TPSA) is 92.2 Å². The SMILES string of the molecule is O=c1[nH]c2ccc(NS(=O)(=O)c3ccc(Cl)cc3)cc2o1. The molecule has 0 amide bonds. The van der Waals surface area contributed by atoms with E-state index in [2.05, 4.69) is 9.71 Å². The molecular weight excluding hydrogens is 316 g/mol. The molecule has 8 heteroatoms. The first kappa shape index (κ1) is 13.7. The summed E-state index contributed by atoms with van der Waals surface area (Å²) >= 11 is 5.73. The highest BCUT2D eigenvalue weighted by Crippen LogP contribution is 2.21. The van der Waals surface area contributed by atoms with E-state index in [0.717, 1.165) is 0 Å². The lowest BCUT2D eigenvalue weighted by Crippen LogP contribution is -2.12. The minimum absolute atomic E-state index is 0.0857. The minimum Gasteiger partial charge on any atom is -0.408 e. The van der Waals surface area contributed by atoms with E-state index in [0.29, 0.717) is 16.2 Å². The van der Waals surface area contributed by atoms with Gasteiger partial charge in [0, 0.05) is 11.1 Å². The number of anilines is 1. The summed E-state index contributed by atoms with van der Waals surface area (Å²) in [4.78, 5) is 13.6. The maximum Gasteiger partial charge on any atom is 0.417 e. The van der Waals surface area contributed by atoms with Crippen molar-refractivity contribution in [2.75, 3.05) is 4.72 Å². The second-order valence-electron chi connectivity index (χ2n) is 4.28. The van der Waals surface area contributed by atoms with Crippen LogP contribution in [-0.2, 0) is 10.0 Å². The molecule has 0 atom stereocenters. The number of aromatic nitrogens is 1. The lowest BCUT2D eigenvalue weighted by Gasteiger charge is -2.07. The van der Waals surface area contributed by atoms with E-state index in [9.17, 15) is 13.2 Å². The van der Waals surface area contributed by atoms with Crippen LogP contribution >= 0.6 is 11.6 Å². The molecule has 1 aromatic heterocycles. The number of hydrogen-bond acceptors (Lipinski definition) is 4. The summed E-state index contributed by atoms with van der Waals surface area (Å²) in [7, 11) is -3.73. The van der Waals surface area contributed by atoms with Crippen LogP contribution in [0.1, 0.15) is 0 Å². The molecule has 0 saturated carbocycles. The number of halogens is 1. The van der Waals surface area contributed by atoms with E-state index in [4.69, 9.17) is 16.0 Å². The Balaban J connectivity index is 1.96. The molecule has 21 heavy (non-hydrogen) atoms. The number of H-pyrrole nitrogens is 1. The van der Waals surface area contributed by atoms with Gasteiger partial charge < -0.3 is 4.42 Å². The van der Waals surface area contributed by atoms with E-state index in [1.807, 2.05) is 0 Å². The molecule has 108 valence electrons. The van der Waals surface area contributed by atoms with Crippen LogP contribution in [0.5, 0.6) is 0 Å². The predicted molar refractivity (Wildman–Crippen MR) is 79.1 cm³/mol. The predicted octanol–water partition coefficient (Wildman–Crippen LogP) is 2.58. The van der Waals surface area contributed by atoms with E-state index in [1.165, 1.54) is 36.4 Å². The molecule has 0 radical (unpaired) electrons. The third-order valence-corrected chi connectivity index (χ3v) is 4.45. The Morgan fingerprint density at radius 2 is 1.81 bits per heavy atom. The Hall–Kier alpha value is -2.25. The molecule has 0 bridgehead atoms. The van der Waals surface area contributed by atoms with Gasteiger partial charge in [-0.25, -0.2) is 13.2 Å². The van der Waals surface area contributed by atoms with Crippen LogP contribution in [0, 0.1) is 0 Å². The minimum atomic E-state index is -3.73. The Morgan fingerprint density at radius 3 is 2.52 bits per heavy atom. The number of fused-ring (bicyclic) bond motifs is 1. The molecule has 0 aliphatic rings. The fraction of sp³-hybridized carbons (Fsp3) is 0. The van der Waals surface area contributed by atoms with Gasteiger partial charge in [-0.3, -0.25) is 9.71 Å². The van der Waals surface area contributed by atoms with Crippen molar-refractivity contribution in [3.63, 3.8) is 0 Å². The zero-order valence-electron chi connectivity index (χ0n) is 10.5. The molecule has 0 aliphatic carbocycles. The molecule has 3 rings (SSSR count). The van der Waals surface area contributed by atoms with Crippen LogP contribution in [0.3, 0.4) is 0 Å². The molecule has 0 unspecified atom stereocenters. The largest absolute Gasteiger partial charge is 0.417 e. The fourth-order valence-corrected chi connectivity index (χ4v) is 3.01. The smallest absolute Gasteiger partial charge is 0.408 e. The molecule has 0 saturated heterocycles. The second-order valence-corrected chi connectivity index (χ2v) is 6.40. The second kappa shape index (κ2) is 4.94. The molecule has 2 aromatic carbocycles. The zero-order valence-corrected chi connectivity index (χ0v) is 12.0. The molecule has 0 aliphatic heterocycles. The van der Waals surface area contributed by atoms with Gasteiger partial charge in [0.15, 0.2) is 5.58 Å². The number of rotatable bonds is 3. The quantitative estimate of drug-likeness (QED) is 0.774. The summed E-state index contributed by atoms with van der Waals surface area (Å²) in [5.41, 5.74) is 1.06. The van der Waals surface area contributed by atoms with E-state index in [1.54, 1.807) is 6.07 Å². The van der Waals surface area contributed by atoms with Crippen molar-refractivity contribution < 1.29 is 12.8 Å². The number of benzene rings is 2. The maximum absolute atomic E-state index is 12.2. The van der Waals surface area contributed by atoms with Gasteiger partial charge in [0.1, 0.15) is 0 Å². The lowest BCUT2D eigenvalue weighted by molar-refractivity contribution is 0.555. The Labute approximate surface area is 124 Å². The summed E-state index contributed by atoms with van der Waals surface area (Å²) in [5.74, 6) is -0.595. The van der Waals surface area contributed by atoms with Crippen LogP contribution < -0.4 is 10.5 Å². The van der Waals surface area contributed by atoms with Crippen LogP contribution in [0.25, 0.3) is 11.1 Å². The Kier molecular flexibility index (Phi) is 3.23. The zero-order chi connectivity index (χ0) is 15.0. The van der Waals surface area contributed by atoms with Gasteiger partial charge in [-0.15, -0.1) is 0 Å². The molecule has 1 heterocycles. The van der Waals surface area contributed by atoms with E-state index in [-0.39, 0.29) is 10.5 Å². The number of hydrogen-bond donors (Lipinski definition) is 2. The van der Waals surface area contributed by atoms with Crippen molar-refractivity contribution in [1.82, 2.24) is 4.98 Å². The average molecular weight is 325 g/mol. The molecule has 0 spiro atoms. The summed E-state index contributed by atoms with van der Waals surface area (Å²) in [6, 6.07) is 10.3. The van der Waals surface area contributed by atoms with E-state index >= 15 is 0 Å². The van der Waals surface area contributed by atoms with E-state index < -0.39 is 15.8 Å². The lowest BCUT2D eigenvalue weighted by atomic mass is 10.3. The summed E-state index contributed by atoms with van der Waals surface area (Å²) in [6.45, 7) is 0. The van der Waals surface area contributed by atoms with Crippen molar-refractivity contribution in [3.05, 3.63) is 58.0 Å². The molecule has 2 N–H and O–H groups in total. The average Bonchev–Trinajstić information content (AvgIpc) is 2.78. The molecule has 3 aromatic rings. The Bertz CT molecular complexity index is 958. The highest BCUT2D eigenvalue weighted by molar-refractivity contribution is 7.92. The van der Waals surface area contributed by atoms with Gasteiger partial charge in [-0.2, -0.15) is 0 Å². The molecule has 0 fully saturated rings. The number of nitrogens with one attached hydrogen (secondary N) is 2. The first-order chi connectivity index (χ1) is 9.94. The van der Waals surface area contributed by atoms with Crippen molar-refractivity contribution in [2.45, 2.75) is 4.90 Å². The van der Waals surface area contributed by atoms with Crippen molar-refractivity contribution in [1.29, 1.82) is 0 Å². The number of aromatic amines is 1. The van der Waals surface area contributed by atoms with Crippen LogP contribution in [0.2, 0.25) is 5.02 Å². The highest BCUT2D eigenvalue weighted by Gasteiger charge is 2.14.